The maximum atomic E-state index is 12.4. The van der Waals surface area contributed by atoms with Crippen molar-refractivity contribution in [3.8, 4) is 5.75 Å². The van der Waals surface area contributed by atoms with Gasteiger partial charge in [-0.2, -0.15) is 13.2 Å². The third-order valence-electron chi connectivity index (χ3n) is 2.08. The molecule has 2 rings (SSSR count). The molecule has 0 N–H and O–H groups in total. The highest BCUT2D eigenvalue weighted by Crippen LogP contribution is 2.29. The molecule has 0 spiro atoms. The van der Waals surface area contributed by atoms with Gasteiger partial charge in [0, 0.05) is 0 Å². The summed E-state index contributed by atoms with van der Waals surface area (Å²) in [6, 6.07) is 4.16. The number of fused-ring (bicyclic) bond motifs is 1. The Balaban J connectivity index is 2.81. The van der Waals surface area contributed by atoms with Crippen LogP contribution >= 0.6 is 0 Å². The van der Waals surface area contributed by atoms with Crippen molar-refractivity contribution in [2.24, 2.45) is 0 Å². The SMILES string of the molecule is COc1cccc2nc(C(F)(F)F)oc(=O)c12. The highest BCUT2D eigenvalue weighted by Gasteiger charge is 2.37. The smallest absolute Gasteiger partial charge is 0.469 e. The lowest BCUT2D eigenvalue weighted by molar-refractivity contribution is -0.158. The lowest BCUT2D eigenvalue weighted by Crippen LogP contribution is -2.14. The molecule has 0 atom stereocenters. The molecule has 7 heteroatoms. The molecule has 0 saturated heterocycles. The van der Waals surface area contributed by atoms with Crippen LogP contribution < -0.4 is 10.4 Å². The number of aromatic nitrogens is 1. The van der Waals surface area contributed by atoms with E-state index < -0.39 is 17.7 Å². The lowest BCUT2D eigenvalue weighted by Gasteiger charge is -2.06. The molecule has 0 amide bonds. The van der Waals surface area contributed by atoms with Crippen molar-refractivity contribution in [3.63, 3.8) is 0 Å². The summed E-state index contributed by atoms with van der Waals surface area (Å²) in [5.41, 5.74) is -1.24. The van der Waals surface area contributed by atoms with Crippen molar-refractivity contribution in [2.75, 3.05) is 7.11 Å². The normalized spacial score (nSPS) is 11.8. The van der Waals surface area contributed by atoms with Crippen LogP contribution in [-0.2, 0) is 6.18 Å². The van der Waals surface area contributed by atoms with Crippen LogP contribution in [0.2, 0.25) is 0 Å². The number of nitrogens with zero attached hydrogens (tertiary/aromatic N) is 1. The zero-order valence-electron chi connectivity index (χ0n) is 8.54. The molecule has 2 aromatic rings. The standard InChI is InChI=1S/C10H6F3NO3/c1-16-6-4-2-3-5-7(6)8(15)17-9(14-5)10(11,12)13/h2-4H,1H3. The second-order valence-electron chi connectivity index (χ2n) is 3.16. The van der Waals surface area contributed by atoms with Crippen LogP contribution in [0.4, 0.5) is 13.2 Å². The van der Waals surface area contributed by atoms with E-state index in [1.807, 2.05) is 0 Å². The zero-order valence-corrected chi connectivity index (χ0v) is 8.54. The molecular formula is C10H6F3NO3. The Labute approximate surface area is 92.6 Å². The minimum Gasteiger partial charge on any atom is -0.496 e. The number of halogens is 3. The molecule has 0 aliphatic rings. The zero-order chi connectivity index (χ0) is 12.6. The van der Waals surface area contributed by atoms with Crippen LogP contribution in [-0.4, -0.2) is 12.1 Å². The van der Waals surface area contributed by atoms with E-state index in [1.165, 1.54) is 25.3 Å². The van der Waals surface area contributed by atoms with E-state index in [2.05, 4.69) is 9.40 Å². The minimum absolute atomic E-state index is 0.108. The highest BCUT2D eigenvalue weighted by atomic mass is 19.4. The van der Waals surface area contributed by atoms with Gasteiger partial charge in [-0.25, -0.2) is 9.78 Å². The monoisotopic (exact) mass is 245 g/mol. The van der Waals surface area contributed by atoms with E-state index >= 15 is 0 Å². The van der Waals surface area contributed by atoms with Crippen molar-refractivity contribution in [2.45, 2.75) is 6.18 Å². The molecular weight excluding hydrogens is 239 g/mol. The van der Waals surface area contributed by atoms with Crippen molar-refractivity contribution < 1.29 is 22.3 Å². The van der Waals surface area contributed by atoms with Crippen molar-refractivity contribution in [1.82, 2.24) is 4.98 Å². The molecule has 0 aliphatic carbocycles. The van der Waals surface area contributed by atoms with Crippen LogP contribution in [0.3, 0.4) is 0 Å². The fourth-order valence-corrected chi connectivity index (χ4v) is 1.38. The van der Waals surface area contributed by atoms with Gasteiger partial charge in [0.05, 0.1) is 12.6 Å². The fraction of sp³-hybridized carbons (Fsp3) is 0.200. The first-order chi connectivity index (χ1) is 7.93. The Morgan fingerprint density at radius 3 is 2.65 bits per heavy atom. The average Bonchev–Trinajstić information content (AvgIpc) is 2.26. The maximum absolute atomic E-state index is 12.4. The summed E-state index contributed by atoms with van der Waals surface area (Å²) >= 11 is 0. The van der Waals surface area contributed by atoms with E-state index in [1.54, 1.807) is 0 Å². The molecule has 0 unspecified atom stereocenters. The molecule has 0 bridgehead atoms. The average molecular weight is 245 g/mol. The van der Waals surface area contributed by atoms with Gasteiger partial charge in [-0.1, -0.05) is 6.07 Å². The van der Waals surface area contributed by atoms with Gasteiger partial charge < -0.3 is 9.15 Å². The summed E-state index contributed by atoms with van der Waals surface area (Å²) in [6.07, 6.45) is -4.80. The first kappa shape index (κ1) is 11.4. The number of rotatable bonds is 1. The number of methoxy groups -OCH3 is 1. The predicted molar refractivity (Wildman–Crippen MR) is 51.8 cm³/mol. The third kappa shape index (κ3) is 1.95. The Morgan fingerprint density at radius 2 is 2.06 bits per heavy atom. The van der Waals surface area contributed by atoms with Gasteiger partial charge in [-0.15, -0.1) is 0 Å². The molecule has 0 radical (unpaired) electrons. The van der Waals surface area contributed by atoms with E-state index in [4.69, 9.17) is 4.74 Å². The van der Waals surface area contributed by atoms with Crippen LogP contribution in [0.15, 0.2) is 27.4 Å². The number of hydrogen-bond acceptors (Lipinski definition) is 4. The predicted octanol–water partition coefficient (Wildman–Crippen LogP) is 2.22. The second kappa shape index (κ2) is 3.76. The molecule has 4 nitrogen and oxygen atoms in total. The summed E-state index contributed by atoms with van der Waals surface area (Å²) in [5.74, 6) is -1.44. The molecule has 0 fully saturated rings. The summed E-state index contributed by atoms with van der Waals surface area (Å²) in [6.45, 7) is 0. The largest absolute Gasteiger partial charge is 0.496 e. The van der Waals surface area contributed by atoms with E-state index in [0.29, 0.717) is 0 Å². The quantitative estimate of drug-likeness (QED) is 0.772. The number of ether oxygens (including phenoxy) is 1. The van der Waals surface area contributed by atoms with Gasteiger partial charge in [0.2, 0.25) is 0 Å². The van der Waals surface area contributed by atoms with E-state index in [-0.39, 0.29) is 16.7 Å². The number of alkyl halides is 3. The van der Waals surface area contributed by atoms with Crippen LogP contribution in [0.5, 0.6) is 5.75 Å². The van der Waals surface area contributed by atoms with Gasteiger partial charge in [0.1, 0.15) is 11.1 Å². The maximum Gasteiger partial charge on any atom is 0.469 e. The number of benzene rings is 1. The molecule has 0 saturated carbocycles. The molecule has 90 valence electrons. The molecule has 1 aromatic carbocycles. The van der Waals surface area contributed by atoms with E-state index in [9.17, 15) is 18.0 Å². The Hall–Kier alpha value is -2.05. The number of hydrogen-bond donors (Lipinski definition) is 0. The minimum atomic E-state index is -4.80. The van der Waals surface area contributed by atoms with Crippen LogP contribution in [0.25, 0.3) is 10.9 Å². The summed E-state index contributed by atoms with van der Waals surface area (Å²) in [5, 5.41) is -0.108. The van der Waals surface area contributed by atoms with Crippen molar-refractivity contribution >= 4 is 10.9 Å². The van der Waals surface area contributed by atoms with Crippen molar-refractivity contribution in [3.05, 3.63) is 34.5 Å². The highest BCUT2D eigenvalue weighted by molar-refractivity contribution is 5.83. The van der Waals surface area contributed by atoms with E-state index in [0.717, 1.165) is 0 Å². The Kier molecular flexibility index (Phi) is 2.53. The fourth-order valence-electron chi connectivity index (χ4n) is 1.38. The van der Waals surface area contributed by atoms with Gasteiger partial charge in [-0.3, -0.25) is 0 Å². The second-order valence-corrected chi connectivity index (χ2v) is 3.16. The van der Waals surface area contributed by atoms with Crippen LogP contribution in [0, 0.1) is 0 Å². The molecule has 1 heterocycles. The molecule has 17 heavy (non-hydrogen) atoms. The van der Waals surface area contributed by atoms with Gasteiger partial charge in [0.15, 0.2) is 0 Å². The summed E-state index contributed by atoms with van der Waals surface area (Å²) in [7, 11) is 1.30. The summed E-state index contributed by atoms with van der Waals surface area (Å²) in [4.78, 5) is 14.7. The first-order valence-corrected chi connectivity index (χ1v) is 4.48. The molecule has 0 aliphatic heterocycles. The van der Waals surface area contributed by atoms with Gasteiger partial charge >= 0.3 is 17.7 Å². The Bertz CT molecular complexity index is 618. The van der Waals surface area contributed by atoms with Gasteiger partial charge in [-0.05, 0) is 12.1 Å². The lowest BCUT2D eigenvalue weighted by atomic mass is 10.2. The van der Waals surface area contributed by atoms with Crippen molar-refractivity contribution in [1.29, 1.82) is 0 Å². The Morgan fingerprint density at radius 1 is 1.35 bits per heavy atom. The summed E-state index contributed by atoms with van der Waals surface area (Å²) < 4.78 is 46.0. The molecule has 1 aromatic heterocycles. The topological polar surface area (TPSA) is 52.3 Å². The third-order valence-corrected chi connectivity index (χ3v) is 2.08. The van der Waals surface area contributed by atoms with Gasteiger partial charge in [0.25, 0.3) is 0 Å². The first-order valence-electron chi connectivity index (χ1n) is 4.48. The van der Waals surface area contributed by atoms with Crippen LogP contribution in [0.1, 0.15) is 5.89 Å².